The normalized spacial score (nSPS) is 30.0. The van der Waals surface area contributed by atoms with E-state index in [4.69, 9.17) is 19.5 Å². The number of aliphatic hydroxyl groups is 4. The van der Waals surface area contributed by atoms with Gasteiger partial charge in [0.05, 0.1) is 45.6 Å². The maximum Gasteiger partial charge on any atom is 0.240 e. The molecule has 6 aliphatic carbocycles. The molecule has 0 unspecified atom stereocenters. The van der Waals surface area contributed by atoms with Crippen molar-refractivity contribution in [3.8, 4) is 17.2 Å². The van der Waals surface area contributed by atoms with Crippen LogP contribution >= 0.6 is 0 Å². The number of amides is 2. The van der Waals surface area contributed by atoms with Gasteiger partial charge in [0, 0.05) is 61.7 Å². The van der Waals surface area contributed by atoms with Gasteiger partial charge in [-0.2, -0.15) is 10.1 Å². The third kappa shape index (κ3) is 19.8. The highest BCUT2D eigenvalue weighted by atomic mass is 16.7. The summed E-state index contributed by atoms with van der Waals surface area (Å²) >= 11 is 0. The third-order valence-corrected chi connectivity index (χ3v) is 25.9. The first-order valence-corrected chi connectivity index (χ1v) is 39.7. The van der Waals surface area contributed by atoms with Crippen molar-refractivity contribution >= 4 is 11.8 Å². The number of benzene rings is 4. The van der Waals surface area contributed by atoms with Gasteiger partial charge in [0.15, 0.2) is 11.5 Å². The number of para-hydroxylation sites is 3. The number of aromatic hydroxyl groups is 2. The Morgan fingerprint density at radius 3 is 1.48 bits per heavy atom. The SMILES string of the molecule is CC(C)C[C@@H](CN1CCCC1)N(Cc1cccc(CN2O[C@@H](CO)[C@@H]([C@H](C)O)[C@H]2C(=O)N[C@H]2C[C@H]3C[C@@H]([C@@H]2C)C3(C)C)c1)Cc1ccccc1O.CC(C)C[C@H](CCc1cccc(CN2O[C@@H](CO)[C@@H]([C@H](C)O)[C@H]2C(=O)N[C@H]2C[C@H]3C[C@@H]([C@@H]2C)C3(C)C)c1)CN1CCCC1.COc1ccccc1O. The predicted molar refractivity (Wildman–Crippen MR) is 406 cm³/mol. The number of phenolic OH excluding ortho intramolecular Hbond substituents is 2. The van der Waals surface area contributed by atoms with Gasteiger partial charge in [0.25, 0.3) is 0 Å². The Labute approximate surface area is 617 Å². The molecule has 18 heteroatoms. The van der Waals surface area contributed by atoms with Gasteiger partial charge in [-0.05, 0) is 222 Å². The average molecular weight is 1430 g/mol. The van der Waals surface area contributed by atoms with Gasteiger partial charge in [-0.1, -0.05) is 148 Å². The quantitative estimate of drug-likeness (QED) is 0.0253. The highest BCUT2D eigenvalue weighted by Gasteiger charge is 2.59. The summed E-state index contributed by atoms with van der Waals surface area (Å²) in [5, 5.41) is 72.1. The Balaban J connectivity index is 0.000000199. The summed E-state index contributed by atoms with van der Waals surface area (Å²) in [6.07, 6.45) is 11.3. The van der Waals surface area contributed by atoms with E-state index in [9.17, 15) is 35.1 Å². The van der Waals surface area contributed by atoms with E-state index in [0.717, 1.165) is 67.6 Å². The van der Waals surface area contributed by atoms with Crippen molar-refractivity contribution in [3.63, 3.8) is 0 Å². The van der Waals surface area contributed by atoms with E-state index in [1.54, 1.807) is 54.3 Å². The summed E-state index contributed by atoms with van der Waals surface area (Å²) in [5.74, 6) is 4.95. The minimum atomic E-state index is -0.832. The number of aliphatic hydroxyl groups excluding tert-OH is 4. The molecule has 103 heavy (non-hydrogen) atoms. The lowest BCUT2D eigenvalue weighted by molar-refractivity contribution is -0.183. The van der Waals surface area contributed by atoms with E-state index in [1.807, 2.05) is 18.2 Å². The minimum absolute atomic E-state index is 0.0904. The van der Waals surface area contributed by atoms with Crippen molar-refractivity contribution in [2.75, 3.05) is 59.6 Å². The number of nitrogens with one attached hydrogen (secondary N) is 2. The Morgan fingerprint density at radius 2 is 1.04 bits per heavy atom. The van der Waals surface area contributed by atoms with Crippen molar-refractivity contribution in [1.82, 2.24) is 35.5 Å². The molecule has 6 saturated carbocycles. The summed E-state index contributed by atoms with van der Waals surface area (Å²) in [5.41, 5.74) is 6.16. The molecule has 4 saturated heterocycles. The van der Waals surface area contributed by atoms with E-state index < -0.39 is 48.3 Å². The maximum atomic E-state index is 14.2. The first kappa shape index (κ1) is 80.3. The number of aryl methyl sites for hydroxylation is 1. The van der Waals surface area contributed by atoms with Crippen LogP contribution in [0.3, 0.4) is 0 Å². The number of hydrogen-bond donors (Lipinski definition) is 8. The van der Waals surface area contributed by atoms with Gasteiger partial charge in [0.1, 0.15) is 30.0 Å². The van der Waals surface area contributed by atoms with Crippen molar-refractivity contribution in [3.05, 3.63) is 125 Å². The van der Waals surface area contributed by atoms with Gasteiger partial charge < -0.3 is 55.8 Å². The molecule has 18 nitrogen and oxygen atoms in total. The molecule has 0 aromatic heterocycles. The van der Waals surface area contributed by atoms with Gasteiger partial charge in [-0.3, -0.25) is 24.2 Å². The lowest BCUT2D eigenvalue weighted by Crippen LogP contribution is -2.62. The number of rotatable bonds is 29. The van der Waals surface area contributed by atoms with Crippen molar-refractivity contribution < 1.29 is 54.6 Å². The van der Waals surface area contributed by atoms with E-state index in [-0.39, 0.29) is 42.9 Å². The number of hydroxylamine groups is 4. The molecule has 4 aromatic carbocycles. The molecule has 4 aromatic rings. The van der Waals surface area contributed by atoms with E-state index >= 15 is 0 Å². The van der Waals surface area contributed by atoms with Crippen LogP contribution in [0.1, 0.15) is 182 Å². The topological polar surface area (TPSA) is 223 Å². The molecule has 14 rings (SSSR count). The van der Waals surface area contributed by atoms with Gasteiger partial charge in [0.2, 0.25) is 11.8 Å². The Morgan fingerprint density at radius 1 is 0.583 bits per heavy atom. The molecule has 572 valence electrons. The standard InChI is InChI=1S/C42H64N4O5.C36H59N3O4.C7H8O2/c1-27(2)18-34(25-44-16-9-10-17-44)45(24-32-14-7-8-15-37(32)49)22-30-12-11-13-31(19-30)23-46-40(39(29(4)48)38(26-47)51-46)41(50)43-36-21-33-20-35(28(36)3)42(33,5)6;1-23(2)16-28(20-38-14-7-8-15-38)13-12-26-10-9-11-27(17-26)21-39-34(33(25(4)41)32(22-40)43-39)35(42)37-31-19-29-18-30(24(31)3)36(29,5)6;1-9-7-5-3-2-4-6(7)8/h7-8,11-15,19,27-29,33-36,38-40,47-49H,9-10,16-18,20-26H2,1-6H3,(H,43,50);9-11,17,23-25,28-34,40-41H,7-8,12-16,18-22H2,1-6H3,(H,37,42);2-5,8H,1H3/t28-,29-,33+,34-,35-,36-,38-,39+,40-;24-,25-,28-,29+,30-,31-,32-,33+,34-;/m00./s1. The molecule has 0 spiro atoms. The zero-order chi connectivity index (χ0) is 74.0. The van der Waals surface area contributed by atoms with Crippen LogP contribution < -0.4 is 15.4 Å². The van der Waals surface area contributed by atoms with E-state index in [0.29, 0.717) is 108 Å². The molecular weight excluding hydrogens is 1290 g/mol. The highest BCUT2D eigenvalue weighted by molar-refractivity contribution is 5.83. The van der Waals surface area contributed by atoms with Crippen molar-refractivity contribution in [1.29, 1.82) is 0 Å². The first-order valence-electron chi connectivity index (χ1n) is 39.7. The van der Waals surface area contributed by atoms with Gasteiger partial charge >= 0.3 is 0 Å². The summed E-state index contributed by atoms with van der Waals surface area (Å²) < 4.78 is 4.79. The van der Waals surface area contributed by atoms with E-state index in [2.05, 4.69) is 143 Å². The Hall–Kier alpha value is -5.22. The molecule has 2 amide bonds. The Bertz CT molecular complexity index is 3320. The molecular formula is C85H131N7O11. The molecule has 10 fully saturated rings. The number of methoxy groups -OCH3 is 1. The second-order valence-electron chi connectivity index (χ2n) is 34.6. The average Bonchev–Trinajstić information content (AvgIpc) is 1.56. The molecule has 18 atom stereocenters. The first-order chi connectivity index (χ1) is 49.2. The molecule has 4 aliphatic heterocycles. The van der Waals surface area contributed by atoms with Crippen LogP contribution in [0.2, 0.25) is 0 Å². The van der Waals surface area contributed by atoms with Crippen molar-refractivity contribution in [2.24, 2.45) is 75.9 Å². The number of ether oxygens (including phenoxy) is 1. The van der Waals surface area contributed by atoms with Crippen LogP contribution in [-0.4, -0.2) is 181 Å². The lowest BCUT2D eigenvalue weighted by atomic mass is 9.45. The number of phenols is 2. The number of hydrogen-bond acceptors (Lipinski definition) is 16. The van der Waals surface area contributed by atoms with Crippen LogP contribution in [-0.2, 0) is 51.9 Å². The number of carbonyl (C=O) groups excluding carboxylic acids is 2. The second kappa shape index (κ2) is 36.1. The molecule has 4 bridgehead atoms. The highest BCUT2D eigenvalue weighted by Crippen LogP contribution is 2.62. The van der Waals surface area contributed by atoms with E-state index in [1.165, 1.54) is 83.7 Å². The molecule has 10 aliphatic rings. The lowest BCUT2D eigenvalue weighted by Gasteiger charge is -2.62. The minimum Gasteiger partial charge on any atom is -0.508 e. The second-order valence-corrected chi connectivity index (χ2v) is 34.6. The number of carbonyl (C=O) groups is 2. The predicted octanol–water partition coefficient (Wildman–Crippen LogP) is 12.0. The number of fused-ring (bicyclic) bond motifs is 4. The van der Waals surface area contributed by atoms with Crippen molar-refractivity contribution in [2.45, 2.75) is 241 Å². The fourth-order valence-electron chi connectivity index (χ4n) is 19.9. The Kier molecular flexibility index (Phi) is 28.2. The van der Waals surface area contributed by atoms with Crippen LogP contribution in [0.5, 0.6) is 17.2 Å². The summed E-state index contributed by atoms with van der Waals surface area (Å²) in [6.45, 7) is 35.3. The summed E-state index contributed by atoms with van der Waals surface area (Å²) in [7, 11) is 1.52. The number of nitrogens with zero attached hydrogens (tertiary/aromatic N) is 5. The molecule has 0 radical (unpaired) electrons. The summed E-state index contributed by atoms with van der Waals surface area (Å²) in [6, 6.07) is 30.8. The molecule has 4 heterocycles. The maximum absolute atomic E-state index is 14.2. The molecule has 8 N–H and O–H groups in total. The largest absolute Gasteiger partial charge is 0.508 e. The fourth-order valence-corrected chi connectivity index (χ4v) is 19.9. The van der Waals surface area contributed by atoms with Crippen LogP contribution in [0.25, 0.3) is 0 Å². The van der Waals surface area contributed by atoms with Crippen LogP contribution in [0, 0.1) is 75.9 Å². The van der Waals surface area contributed by atoms with Crippen LogP contribution in [0.15, 0.2) is 97.1 Å². The zero-order valence-corrected chi connectivity index (χ0v) is 64.7. The van der Waals surface area contributed by atoms with Gasteiger partial charge in [-0.25, -0.2) is 0 Å². The summed E-state index contributed by atoms with van der Waals surface area (Å²) in [4.78, 5) is 48.4. The van der Waals surface area contributed by atoms with Crippen LogP contribution in [0.4, 0.5) is 0 Å². The third-order valence-electron chi connectivity index (χ3n) is 25.9. The zero-order valence-electron chi connectivity index (χ0n) is 64.7. The monoisotopic (exact) mass is 1430 g/mol. The number of likely N-dealkylation sites (tertiary alicyclic amines) is 2. The van der Waals surface area contributed by atoms with Gasteiger partial charge in [-0.15, -0.1) is 0 Å². The smallest absolute Gasteiger partial charge is 0.240 e. The fraction of sp³-hybridized carbons (Fsp3) is 0.694.